The molecule has 0 radical (unpaired) electrons. The summed E-state index contributed by atoms with van der Waals surface area (Å²) in [6.45, 7) is 3.54. The second-order valence-electron chi connectivity index (χ2n) is 3.29. The zero-order chi connectivity index (χ0) is 11.1. The van der Waals surface area contributed by atoms with Crippen molar-refractivity contribution < 1.29 is 5.11 Å². The second kappa shape index (κ2) is 6.05. The van der Waals surface area contributed by atoms with Gasteiger partial charge in [0.2, 0.25) is 0 Å². The zero-order valence-corrected chi connectivity index (χ0v) is 8.98. The van der Waals surface area contributed by atoms with Crippen LogP contribution in [0.3, 0.4) is 0 Å². The summed E-state index contributed by atoms with van der Waals surface area (Å²) in [4.78, 5) is 6.06. The summed E-state index contributed by atoms with van der Waals surface area (Å²) >= 11 is 0. The van der Waals surface area contributed by atoms with Crippen LogP contribution in [0.1, 0.15) is 18.9 Å². The van der Waals surface area contributed by atoms with E-state index < -0.39 is 0 Å². The number of aliphatic hydroxyl groups is 1. The molecule has 0 amide bonds. The van der Waals surface area contributed by atoms with Gasteiger partial charge >= 0.3 is 0 Å². The van der Waals surface area contributed by atoms with E-state index in [1.807, 2.05) is 6.07 Å². The maximum Gasteiger partial charge on any atom is 0.0791 e. The van der Waals surface area contributed by atoms with Crippen LogP contribution >= 0.6 is 0 Å². The van der Waals surface area contributed by atoms with Gasteiger partial charge in [0, 0.05) is 30.2 Å². The van der Waals surface area contributed by atoms with Crippen LogP contribution in [0.2, 0.25) is 0 Å². The van der Waals surface area contributed by atoms with Crippen molar-refractivity contribution in [3.05, 3.63) is 24.0 Å². The maximum absolute atomic E-state index is 9.19. The van der Waals surface area contributed by atoms with Crippen molar-refractivity contribution in [2.45, 2.75) is 20.0 Å². The van der Waals surface area contributed by atoms with Crippen LogP contribution in [0.5, 0.6) is 0 Å². The van der Waals surface area contributed by atoms with Crippen LogP contribution in [0.15, 0.2) is 18.5 Å². The molecule has 0 aliphatic heterocycles. The van der Waals surface area contributed by atoms with Crippen molar-refractivity contribution in [2.75, 3.05) is 18.0 Å². The van der Waals surface area contributed by atoms with Crippen molar-refractivity contribution in [3.8, 4) is 12.3 Å². The van der Waals surface area contributed by atoms with Crippen molar-refractivity contribution >= 4 is 5.69 Å². The Balaban J connectivity index is 2.94. The molecule has 3 nitrogen and oxygen atoms in total. The minimum atomic E-state index is -0.00599. The van der Waals surface area contributed by atoms with E-state index in [4.69, 9.17) is 6.42 Å². The normalized spacial score (nSPS) is 9.67. The first-order valence-corrected chi connectivity index (χ1v) is 5.05. The first-order chi connectivity index (χ1) is 7.33. The van der Waals surface area contributed by atoms with Crippen LogP contribution in [0.4, 0.5) is 5.69 Å². The largest absolute Gasteiger partial charge is 0.392 e. The van der Waals surface area contributed by atoms with Gasteiger partial charge in [-0.25, -0.2) is 0 Å². The Kier molecular flexibility index (Phi) is 4.65. The van der Waals surface area contributed by atoms with Gasteiger partial charge in [0.25, 0.3) is 0 Å². The van der Waals surface area contributed by atoms with Gasteiger partial charge in [0.1, 0.15) is 0 Å². The molecular weight excluding hydrogens is 188 g/mol. The smallest absolute Gasteiger partial charge is 0.0791 e. The van der Waals surface area contributed by atoms with Gasteiger partial charge in [-0.05, 0) is 12.5 Å². The topological polar surface area (TPSA) is 36.4 Å². The van der Waals surface area contributed by atoms with Crippen LogP contribution in [-0.2, 0) is 6.61 Å². The molecule has 0 spiro atoms. The molecule has 1 aromatic rings. The van der Waals surface area contributed by atoms with Gasteiger partial charge in [-0.15, -0.1) is 6.42 Å². The monoisotopic (exact) mass is 204 g/mol. The summed E-state index contributed by atoms with van der Waals surface area (Å²) in [5, 5.41) is 9.19. The Morgan fingerprint density at radius 1 is 1.60 bits per heavy atom. The highest BCUT2D eigenvalue weighted by molar-refractivity contribution is 5.52. The Morgan fingerprint density at radius 2 is 2.40 bits per heavy atom. The number of hydrogen-bond donors (Lipinski definition) is 1. The standard InChI is InChI=1S/C12H16N2O/c1-3-7-14(8-4-2)12-5-6-13-9-11(12)10-15/h1,5-6,9,15H,4,7-8,10H2,2H3. The SMILES string of the molecule is C#CCN(CCC)c1ccncc1CO. The second-order valence-corrected chi connectivity index (χ2v) is 3.29. The summed E-state index contributed by atoms with van der Waals surface area (Å²) in [7, 11) is 0. The number of terminal acetylenes is 1. The van der Waals surface area contributed by atoms with Crippen molar-refractivity contribution in [1.29, 1.82) is 0 Å². The molecule has 0 saturated heterocycles. The molecule has 3 heteroatoms. The van der Waals surface area contributed by atoms with Gasteiger partial charge in [0.05, 0.1) is 13.2 Å². The third-order valence-corrected chi connectivity index (χ3v) is 2.16. The van der Waals surface area contributed by atoms with E-state index in [1.165, 1.54) is 0 Å². The number of pyridine rings is 1. The van der Waals surface area contributed by atoms with Gasteiger partial charge in [-0.3, -0.25) is 4.98 Å². The lowest BCUT2D eigenvalue weighted by Crippen LogP contribution is -2.25. The van der Waals surface area contributed by atoms with Gasteiger partial charge in [-0.2, -0.15) is 0 Å². The fourth-order valence-corrected chi connectivity index (χ4v) is 1.51. The molecule has 0 fully saturated rings. The molecule has 0 aromatic carbocycles. The first kappa shape index (κ1) is 11.5. The van der Waals surface area contributed by atoms with E-state index >= 15 is 0 Å². The molecule has 0 aliphatic rings. The third kappa shape index (κ3) is 2.97. The number of anilines is 1. The molecule has 1 N–H and O–H groups in total. The predicted octanol–water partition coefficient (Wildman–Crippen LogP) is 1.42. The van der Waals surface area contributed by atoms with Gasteiger partial charge in [0.15, 0.2) is 0 Å². The Morgan fingerprint density at radius 3 is 3.00 bits per heavy atom. The number of nitrogens with zero attached hydrogens (tertiary/aromatic N) is 2. The number of aromatic nitrogens is 1. The highest BCUT2D eigenvalue weighted by Gasteiger charge is 2.08. The third-order valence-electron chi connectivity index (χ3n) is 2.16. The molecule has 80 valence electrons. The van der Waals surface area contributed by atoms with E-state index in [9.17, 15) is 5.11 Å². The van der Waals surface area contributed by atoms with E-state index in [2.05, 4.69) is 22.7 Å². The molecule has 15 heavy (non-hydrogen) atoms. The molecule has 0 atom stereocenters. The Hall–Kier alpha value is -1.53. The van der Waals surface area contributed by atoms with E-state index in [-0.39, 0.29) is 6.61 Å². The predicted molar refractivity (Wildman–Crippen MR) is 61.5 cm³/mol. The van der Waals surface area contributed by atoms with Crippen LogP contribution in [-0.4, -0.2) is 23.2 Å². The van der Waals surface area contributed by atoms with E-state index in [0.29, 0.717) is 6.54 Å². The molecule has 1 aromatic heterocycles. The zero-order valence-electron chi connectivity index (χ0n) is 8.98. The van der Waals surface area contributed by atoms with Crippen LogP contribution in [0.25, 0.3) is 0 Å². The molecule has 1 rings (SSSR count). The fraction of sp³-hybridized carbons (Fsp3) is 0.417. The summed E-state index contributed by atoms with van der Waals surface area (Å²) in [6, 6.07) is 1.89. The lowest BCUT2D eigenvalue weighted by molar-refractivity contribution is 0.281. The number of hydrogen-bond acceptors (Lipinski definition) is 3. The van der Waals surface area contributed by atoms with E-state index in [0.717, 1.165) is 24.2 Å². The van der Waals surface area contributed by atoms with Crippen molar-refractivity contribution in [1.82, 2.24) is 4.98 Å². The summed E-state index contributed by atoms with van der Waals surface area (Å²) < 4.78 is 0. The number of rotatable bonds is 5. The molecule has 0 saturated carbocycles. The minimum absolute atomic E-state index is 0.00599. The Bertz CT molecular complexity index is 344. The fourth-order valence-electron chi connectivity index (χ4n) is 1.51. The number of aliphatic hydroxyl groups excluding tert-OH is 1. The molecule has 1 heterocycles. The average molecular weight is 204 g/mol. The lowest BCUT2D eigenvalue weighted by Gasteiger charge is -2.23. The van der Waals surface area contributed by atoms with Gasteiger partial charge in [-0.1, -0.05) is 12.8 Å². The summed E-state index contributed by atoms with van der Waals surface area (Å²) in [5.41, 5.74) is 1.80. The summed E-state index contributed by atoms with van der Waals surface area (Å²) in [6.07, 6.45) is 9.73. The molecule has 0 bridgehead atoms. The highest BCUT2D eigenvalue weighted by Crippen LogP contribution is 2.19. The lowest BCUT2D eigenvalue weighted by atomic mass is 10.2. The Labute approximate surface area is 90.8 Å². The molecular formula is C12H16N2O. The van der Waals surface area contributed by atoms with Crippen LogP contribution in [0, 0.1) is 12.3 Å². The minimum Gasteiger partial charge on any atom is -0.392 e. The van der Waals surface area contributed by atoms with Crippen molar-refractivity contribution in [2.24, 2.45) is 0 Å². The molecule has 0 unspecified atom stereocenters. The van der Waals surface area contributed by atoms with Crippen LogP contribution < -0.4 is 4.90 Å². The first-order valence-electron chi connectivity index (χ1n) is 5.05. The quantitative estimate of drug-likeness (QED) is 0.737. The van der Waals surface area contributed by atoms with Crippen molar-refractivity contribution in [3.63, 3.8) is 0 Å². The summed E-state index contributed by atoms with van der Waals surface area (Å²) in [5.74, 6) is 2.63. The highest BCUT2D eigenvalue weighted by atomic mass is 16.3. The molecule has 0 aliphatic carbocycles. The average Bonchev–Trinajstić information content (AvgIpc) is 2.29. The maximum atomic E-state index is 9.19. The van der Waals surface area contributed by atoms with Gasteiger partial charge < -0.3 is 10.0 Å². The van der Waals surface area contributed by atoms with E-state index in [1.54, 1.807) is 12.4 Å².